The fourth-order valence-corrected chi connectivity index (χ4v) is 3.46. The van der Waals surface area contributed by atoms with E-state index < -0.39 is 0 Å². The number of hydrogen-bond donors (Lipinski definition) is 2. The second-order valence-corrected chi connectivity index (χ2v) is 7.20. The highest BCUT2D eigenvalue weighted by Crippen LogP contribution is 2.22. The Balaban J connectivity index is 1.85. The maximum absolute atomic E-state index is 9.42. The van der Waals surface area contributed by atoms with Gasteiger partial charge in [-0.2, -0.15) is 0 Å². The van der Waals surface area contributed by atoms with Crippen molar-refractivity contribution in [1.29, 1.82) is 0 Å². The van der Waals surface area contributed by atoms with Gasteiger partial charge in [-0.05, 0) is 56.5 Å². The largest absolute Gasteiger partial charge is 0.395 e. The number of aliphatic hydroxyl groups is 1. The molecule has 25 heavy (non-hydrogen) atoms. The van der Waals surface area contributed by atoms with Gasteiger partial charge in [0, 0.05) is 13.0 Å². The minimum absolute atomic E-state index is 0.161. The number of benzene rings is 1. The van der Waals surface area contributed by atoms with Crippen LogP contribution in [0.5, 0.6) is 0 Å². The van der Waals surface area contributed by atoms with Crippen LogP contribution in [0.15, 0.2) is 12.1 Å². The molecule has 4 heteroatoms. The van der Waals surface area contributed by atoms with Crippen LogP contribution in [-0.2, 0) is 13.0 Å². The van der Waals surface area contributed by atoms with Crippen LogP contribution in [0.25, 0.3) is 11.0 Å². The number of unbranched alkanes of at least 4 members (excludes halogenated alkanes) is 7. The van der Waals surface area contributed by atoms with Gasteiger partial charge in [0.25, 0.3) is 0 Å². The van der Waals surface area contributed by atoms with E-state index in [1.54, 1.807) is 0 Å². The van der Waals surface area contributed by atoms with E-state index in [4.69, 9.17) is 10.7 Å². The number of imidazole rings is 1. The summed E-state index contributed by atoms with van der Waals surface area (Å²) in [5, 5.41) is 9.42. The average Bonchev–Trinajstić information content (AvgIpc) is 2.91. The van der Waals surface area contributed by atoms with Crippen molar-refractivity contribution in [3.63, 3.8) is 0 Å². The molecule has 0 radical (unpaired) electrons. The van der Waals surface area contributed by atoms with Crippen molar-refractivity contribution in [3.8, 4) is 0 Å². The SMILES string of the molecule is Cc1cc2nc(CCCCCCCCCCN)n(CCO)c2cc1C. The third-order valence-electron chi connectivity index (χ3n) is 5.12. The van der Waals surface area contributed by atoms with E-state index in [9.17, 15) is 5.11 Å². The van der Waals surface area contributed by atoms with Crippen LogP contribution in [0, 0.1) is 13.8 Å². The first-order valence-electron chi connectivity index (χ1n) is 9.94. The summed E-state index contributed by atoms with van der Waals surface area (Å²) in [7, 11) is 0. The van der Waals surface area contributed by atoms with Gasteiger partial charge in [-0.3, -0.25) is 0 Å². The summed E-state index contributed by atoms with van der Waals surface area (Å²) in [6.45, 7) is 5.89. The summed E-state index contributed by atoms with van der Waals surface area (Å²) in [5.41, 5.74) is 10.3. The molecule has 140 valence electrons. The van der Waals surface area contributed by atoms with Crippen LogP contribution in [-0.4, -0.2) is 27.8 Å². The van der Waals surface area contributed by atoms with E-state index in [2.05, 4.69) is 30.5 Å². The number of aliphatic hydroxyl groups excluding tert-OH is 1. The van der Waals surface area contributed by atoms with E-state index >= 15 is 0 Å². The molecule has 0 aliphatic rings. The number of fused-ring (bicyclic) bond motifs is 1. The van der Waals surface area contributed by atoms with Crippen LogP contribution in [0.2, 0.25) is 0 Å². The number of nitrogens with two attached hydrogens (primary N) is 1. The average molecular weight is 346 g/mol. The molecule has 2 aromatic rings. The van der Waals surface area contributed by atoms with Crippen molar-refractivity contribution in [2.45, 2.75) is 78.2 Å². The molecular weight excluding hydrogens is 310 g/mol. The molecule has 0 aliphatic carbocycles. The molecule has 0 saturated carbocycles. The molecular formula is C21H35N3O. The standard InChI is InChI=1S/C21H35N3O/c1-17-15-19-20(16-18(17)2)24(13-14-25)21(23-19)11-9-7-5-3-4-6-8-10-12-22/h15-16,25H,3-14,22H2,1-2H3. The highest BCUT2D eigenvalue weighted by molar-refractivity contribution is 5.78. The lowest BCUT2D eigenvalue weighted by molar-refractivity contribution is 0.276. The Kier molecular flexibility index (Phi) is 8.42. The number of aryl methyl sites for hydroxylation is 3. The Morgan fingerprint density at radius 3 is 2.16 bits per heavy atom. The zero-order valence-electron chi connectivity index (χ0n) is 16.1. The van der Waals surface area contributed by atoms with E-state index in [1.807, 2.05) is 0 Å². The lowest BCUT2D eigenvalue weighted by Crippen LogP contribution is -2.07. The van der Waals surface area contributed by atoms with Gasteiger partial charge in [-0.15, -0.1) is 0 Å². The molecule has 0 fully saturated rings. The molecule has 0 unspecified atom stereocenters. The Morgan fingerprint density at radius 2 is 1.52 bits per heavy atom. The van der Waals surface area contributed by atoms with Crippen LogP contribution >= 0.6 is 0 Å². The number of rotatable bonds is 12. The molecule has 0 amide bonds. The Labute approximate surface area is 152 Å². The van der Waals surface area contributed by atoms with E-state index in [0.29, 0.717) is 6.54 Å². The highest BCUT2D eigenvalue weighted by atomic mass is 16.3. The maximum atomic E-state index is 9.42. The zero-order valence-corrected chi connectivity index (χ0v) is 16.1. The topological polar surface area (TPSA) is 64.1 Å². The molecule has 0 atom stereocenters. The van der Waals surface area contributed by atoms with Gasteiger partial charge in [-0.1, -0.05) is 38.5 Å². The first-order valence-corrected chi connectivity index (χ1v) is 9.94. The first-order chi connectivity index (χ1) is 12.2. The Morgan fingerprint density at radius 1 is 0.920 bits per heavy atom. The Bertz CT molecular complexity index is 648. The third kappa shape index (κ3) is 5.82. The summed E-state index contributed by atoms with van der Waals surface area (Å²) in [5.74, 6) is 1.12. The van der Waals surface area contributed by atoms with Gasteiger partial charge < -0.3 is 15.4 Å². The van der Waals surface area contributed by atoms with Crippen molar-refractivity contribution in [3.05, 3.63) is 29.1 Å². The summed E-state index contributed by atoms with van der Waals surface area (Å²) in [6.07, 6.45) is 11.2. The first kappa shape index (κ1) is 19.9. The number of nitrogens with zero attached hydrogens (tertiary/aromatic N) is 2. The van der Waals surface area contributed by atoms with Gasteiger partial charge in [0.2, 0.25) is 0 Å². The highest BCUT2D eigenvalue weighted by Gasteiger charge is 2.11. The lowest BCUT2D eigenvalue weighted by Gasteiger charge is -2.08. The van der Waals surface area contributed by atoms with Crippen molar-refractivity contribution < 1.29 is 5.11 Å². The lowest BCUT2D eigenvalue weighted by atomic mass is 10.1. The van der Waals surface area contributed by atoms with Gasteiger partial charge >= 0.3 is 0 Å². The van der Waals surface area contributed by atoms with Gasteiger partial charge in [0.1, 0.15) is 5.82 Å². The van der Waals surface area contributed by atoms with Crippen LogP contribution in [0.3, 0.4) is 0 Å². The predicted molar refractivity (Wildman–Crippen MR) is 106 cm³/mol. The fourth-order valence-electron chi connectivity index (χ4n) is 3.46. The molecule has 4 nitrogen and oxygen atoms in total. The van der Waals surface area contributed by atoms with Crippen molar-refractivity contribution in [2.24, 2.45) is 5.73 Å². The molecule has 0 spiro atoms. The van der Waals surface area contributed by atoms with Gasteiger partial charge in [0.15, 0.2) is 0 Å². The molecule has 1 heterocycles. The van der Waals surface area contributed by atoms with Crippen LogP contribution in [0.1, 0.15) is 68.3 Å². The molecule has 0 saturated heterocycles. The predicted octanol–water partition coefficient (Wildman–Crippen LogP) is 4.27. The fraction of sp³-hybridized carbons (Fsp3) is 0.667. The molecule has 3 N–H and O–H groups in total. The minimum atomic E-state index is 0.161. The summed E-state index contributed by atoms with van der Waals surface area (Å²) >= 11 is 0. The molecule has 0 bridgehead atoms. The second kappa shape index (κ2) is 10.6. The van der Waals surface area contributed by atoms with Crippen molar-refractivity contribution in [1.82, 2.24) is 9.55 Å². The van der Waals surface area contributed by atoms with Gasteiger partial charge in [-0.25, -0.2) is 4.98 Å². The molecule has 0 aliphatic heterocycles. The third-order valence-corrected chi connectivity index (χ3v) is 5.12. The summed E-state index contributed by atoms with van der Waals surface area (Å²) in [6, 6.07) is 4.38. The zero-order chi connectivity index (χ0) is 18.1. The summed E-state index contributed by atoms with van der Waals surface area (Å²) in [4.78, 5) is 4.84. The van der Waals surface area contributed by atoms with Crippen LogP contribution in [0.4, 0.5) is 0 Å². The second-order valence-electron chi connectivity index (χ2n) is 7.20. The molecule has 1 aromatic heterocycles. The van der Waals surface area contributed by atoms with Crippen molar-refractivity contribution >= 4 is 11.0 Å². The molecule has 1 aromatic carbocycles. The number of hydrogen-bond acceptors (Lipinski definition) is 3. The van der Waals surface area contributed by atoms with Crippen molar-refractivity contribution in [2.75, 3.05) is 13.2 Å². The monoisotopic (exact) mass is 345 g/mol. The maximum Gasteiger partial charge on any atom is 0.109 e. The van der Waals surface area contributed by atoms with E-state index in [0.717, 1.165) is 29.8 Å². The summed E-state index contributed by atoms with van der Waals surface area (Å²) < 4.78 is 2.20. The van der Waals surface area contributed by atoms with E-state index in [-0.39, 0.29) is 6.61 Å². The minimum Gasteiger partial charge on any atom is -0.395 e. The quantitative estimate of drug-likeness (QED) is 0.565. The van der Waals surface area contributed by atoms with E-state index in [1.165, 1.54) is 62.5 Å². The number of aromatic nitrogens is 2. The Hall–Kier alpha value is -1.39. The smallest absolute Gasteiger partial charge is 0.109 e. The normalized spacial score (nSPS) is 11.5. The van der Waals surface area contributed by atoms with Crippen LogP contribution < -0.4 is 5.73 Å². The van der Waals surface area contributed by atoms with Gasteiger partial charge in [0.05, 0.1) is 17.6 Å². The molecule has 2 rings (SSSR count).